The molecule has 3 unspecified atom stereocenters. The van der Waals surface area contributed by atoms with Gasteiger partial charge in [0.1, 0.15) is 0 Å². The van der Waals surface area contributed by atoms with E-state index >= 15 is 0 Å². The first kappa shape index (κ1) is 8.48. The Bertz CT molecular complexity index is 145. The average molecular weight is 170 g/mol. The Morgan fingerprint density at radius 2 is 2.08 bits per heavy atom. The van der Waals surface area contributed by atoms with Crippen molar-refractivity contribution in [3.63, 3.8) is 0 Å². The van der Waals surface area contributed by atoms with Crippen LogP contribution >= 0.6 is 0 Å². The zero-order valence-corrected chi connectivity index (χ0v) is 7.42. The summed E-state index contributed by atoms with van der Waals surface area (Å²) in [6.45, 7) is 2.90. The summed E-state index contributed by atoms with van der Waals surface area (Å²) >= 11 is 0. The van der Waals surface area contributed by atoms with Crippen LogP contribution in [0.3, 0.4) is 0 Å². The molecule has 3 heteroatoms. The third-order valence-corrected chi connectivity index (χ3v) is 3.09. The van der Waals surface area contributed by atoms with Crippen molar-refractivity contribution in [3.8, 4) is 0 Å². The molecule has 2 heterocycles. The quantitative estimate of drug-likeness (QED) is 0.506. The molecule has 0 aromatic carbocycles. The van der Waals surface area contributed by atoms with Crippen LogP contribution in [0.1, 0.15) is 19.3 Å². The van der Waals surface area contributed by atoms with Gasteiger partial charge < -0.3 is 15.7 Å². The summed E-state index contributed by atoms with van der Waals surface area (Å²) in [5, 5.41) is 16.4. The molecule has 2 aliphatic heterocycles. The summed E-state index contributed by atoms with van der Waals surface area (Å²) < 4.78 is 0. The van der Waals surface area contributed by atoms with E-state index in [0.29, 0.717) is 12.0 Å². The van der Waals surface area contributed by atoms with Crippen molar-refractivity contribution in [2.24, 2.45) is 5.92 Å². The van der Waals surface area contributed by atoms with Crippen molar-refractivity contribution < 1.29 is 5.11 Å². The van der Waals surface area contributed by atoms with Crippen molar-refractivity contribution in [1.82, 2.24) is 10.6 Å². The van der Waals surface area contributed by atoms with Gasteiger partial charge in [-0.25, -0.2) is 0 Å². The minimum Gasteiger partial charge on any atom is -0.391 e. The smallest absolute Gasteiger partial charge is 0.0719 e. The summed E-state index contributed by atoms with van der Waals surface area (Å²) in [7, 11) is 0. The van der Waals surface area contributed by atoms with Gasteiger partial charge in [0.2, 0.25) is 0 Å². The highest BCUT2D eigenvalue weighted by atomic mass is 16.3. The molecule has 2 aliphatic rings. The molecule has 2 fully saturated rings. The first-order valence-electron chi connectivity index (χ1n) is 5.00. The molecule has 70 valence electrons. The van der Waals surface area contributed by atoms with Crippen LogP contribution < -0.4 is 10.6 Å². The second kappa shape index (κ2) is 3.73. The molecule has 2 rings (SSSR count). The number of β-amino-alcohol motifs (C(OH)–C–C–N with tert-alkyl or cyclic N) is 1. The van der Waals surface area contributed by atoms with Crippen LogP contribution in [0, 0.1) is 5.92 Å². The topological polar surface area (TPSA) is 44.3 Å². The fourth-order valence-corrected chi connectivity index (χ4v) is 2.34. The Balaban J connectivity index is 1.89. The maximum Gasteiger partial charge on any atom is 0.0719 e. The van der Waals surface area contributed by atoms with E-state index in [4.69, 9.17) is 0 Å². The molecular formula is C9H18N2O. The van der Waals surface area contributed by atoms with Crippen molar-refractivity contribution in [2.75, 3.05) is 19.6 Å². The zero-order chi connectivity index (χ0) is 8.39. The Morgan fingerprint density at radius 3 is 2.67 bits per heavy atom. The van der Waals surface area contributed by atoms with E-state index < -0.39 is 0 Å². The largest absolute Gasteiger partial charge is 0.391 e. The van der Waals surface area contributed by atoms with E-state index in [1.165, 1.54) is 19.3 Å². The lowest BCUT2D eigenvalue weighted by molar-refractivity contribution is 0.116. The summed E-state index contributed by atoms with van der Waals surface area (Å²) in [6.07, 6.45) is 3.73. The molecule has 0 saturated carbocycles. The Kier molecular flexibility index (Phi) is 2.63. The molecule has 3 N–H and O–H groups in total. The minimum atomic E-state index is -0.124. The average Bonchev–Trinajstić information content (AvgIpc) is 2.53. The standard InChI is InChI=1S/C9H18N2O/c12-9-6-10-5-7(9)8-3-1-2-4-11-8/h7-12H,1-6H2. The predicted octanol–water partition coefficient (Wildman–Crippen LogP) is -0.291. The number of aliphatic hydroxyl groups is 1. The van der Waals surface area contributed by atoms with E-state index in [1.54, 1.807) is 0 Å². The lowest BCUT2D eigenvalue weighted by Gasteiger charge is -2.30. The number of nitrogens with one attached hydrogen (secondary N) is 2. The highest BCUT2D eigenvalue weighted by Gasteiger charge is 2.32. The van der Waals surface area contributed by atoms with Crippen molar-refractivity contribution >= 4 is 0 Å². The number of hydrogen-bond donors (Lipinski definition) is 3. The second-order valence-electron chi connectivity index (χ2n) is 3.95. The van der Waals surface area contributed by atoms with E-state index in [9.17, 15) is 5.11 Å². The minimum absolute atomic E-state index is 0.124. The van der Waals surface area contributed by atoms with Gasteiger partial charge >= 0.3 is 0 Å². The molecule has 12 heavy (non-hydrogen) atoms. The van der Waals surface area contributed by atoms with Gasteiger partial charge in [0.25, 0.3) is 0 Å². The van der Waals surface area contributed by atoms with Gasteiger partial charge in [-0.05, 0) is 19.4 Å². The fourth-order valence-electron chi connectivity index (χ4n) is 2.34. The normalized spacial score (nSPS) is 43.2. The highest BCUT2D eigenvalue weighted by molar-refractivity contribution is 4.90. The van der Waals surface area contributed by atoms with Crippen LogP contribution in [-0.2, 0) is 0 Å². The molecule has 0 aliphatic carbocycles. The summed E-state index contributed by atoms with van der Waals surface area (Å²) in [6, 6.07) is 0.559. The Hall–Kier alpha value is -0.120. The zero-order valence-electron chi connectivity index (χ0n) is 7.42. The maximum atomic E-state index is 9.64. The van der Waals surface area contributed by atoms with Crippen molar-refractivity contribution in [2.45, 2.75) is 31.4 Å². The van der Waals surface area contributed by atoms with E-state index in [2.05, 4.69) is 10.6 Å². The molecule has 0 amide bonds. The van der Waals surface area contributed by atoms with Crippen LogP contribution in [-0.4, -0.2) is 36.9 Å². The van der Waals surface area contributed by atoms with Crippen LogP contribution in [0.15, 0.2) is 0 Å². The second-order valence-corrected chi connectivity index (χ2v) is 3.95. The van der Waals surface area contributed by atoms with Gasteiger partial charge in [-0.1, -0.05) is 6.42 Å². The maximum absolute atomic E-state index is 9.64. The Labute approximate surface area is 73.5 Å². The molecule has 3 nitrogen and oxygen atoms in total. The van der Waals surface area contributed by atoms with Gasteiger partial charge in [0, 0.05) is 25.0 Å². The number of piperidine rings is 1. The fraction of sp³-hybridized carbons (Fsp3) is 1.00. The van der Waals surface area contributed by atoms with E-state index in [0.717, 1.165) is 19.6 Å². The third-order valence-electron chi connectivity index (χ3n) is 3.09. The first-order chi connectivity index (χ1) is 5.88. The van der Waals surface area contributed by atoms with Gasteiger partial charge in [0.15, 0.2) is 0 Å². The van der Waals surface area contributed by atoms with Gasteiger partial charge in [0.05, 0.1) is 6.10 Å². The summed E-state index contributed by atoms with van der Waals surface area (Å²) in [5.41, 5.74) is 0. The van der Waals surface area contributed by atoms with E-state index in [1.807, 2.05) is 0 Å². The van der Waals surface area contributed by atoms with Gasteiger partial charge in [-0.3, -0.25) is 0 Å². The molecule has 0 aromatic heterocycles. The molecule has 0 aromatic rings. The summed E-state index contributed by atoms with van der Waals surface area (Å²) in [4.78, 5) is 0. The van der Waals surface area contributed by atoms with Crippen LogP contribution in [0.25, 0.3) is 0 Å². The predicted molar refractivity (Wildman–Crippen MR) is 48.0 cm³/mol. The molecule has 2 saturated heterocycles. The van der Waals surface area contributed by atoms with Crippen molar-refractivity contribution in [3.05, 3.63) is 0 Å². The number of hydrogen-bond acceptors (Lipinski definition) is 3. The van der Waals surface area contributed by atoms with Crippen LogP contribution in [0.5, 0.6) is 0 Å². The number of aliphatic hydroxyl groups excluding tert-OH is 1. The molecular weight excluding hydrogens is 152 g/mol. The SMILES string of the molecule is OC1CNCC1C1CCCCN1. The molecule has 0 bridgehead atoms. The van der Waals surface area contributed by atoms with E-state index in [-0.39, 0.29) is 6.10 Å². The van der Waals surface area contributed by atoms with Crippen LogP contribution in [0.4, 0.5) is 0 Å². The molecule has 0 spiro atoms. The lowest BCUT2D eigenvalue weighted by atomic mass is 9.90. The highest BCUT2D eigenvalue weighted by Crippen LogP contribution is 2.20. The monoisotopic (exact) mass is 170 g/mol. The third kappa shape index (κ3) is 1.63. The Morgan fingerprint density at radius 1 is 1.17 bits per heavy atom. The summed E-state index contributed by atoms with van der Waals surface area (Å²) in [5.74, 6) is 0.449. The van der Waals surface area contributed by atoms with Gasteiger partial charge in [-0.2, -0.15) is 0 Å². The number of rotatable bonds is 1. The first-order valence-corrected chi connectivity index (χ1v) is 5.00. The van der Waals surface area contributed by atoms with Crippen LogP contribution in [0.2, 0.25) is 0 Å². The molecule has 3 atom stereocenters. The molecule has 0 radical (unpaired) electrons. The van der Waals surface area contributed by atoms with Gasteiger partial charge in [-0.15, -0.1) is 0 Å². The van der Waals surface area contributed by atoms with Crippen molar-refractivity contribution in [1.29, 1.82) is 0 Å². The lowest BCUT2D eigenvalue weighted by Crippen LogP contribution is -2.44.